The Morgan fingerprint density at radius 3 is 2.57 bits per heavy atom. The van der Waals surface area contributed by atoms with Crippen molar-refractivity contribution in [2.75, 3.05) is 38.2 Å². The molecule has 1 fully saturated rings. The van der Waals surface area contributed by atoms with Crippen LogP contribution in [-0.4, -0.2) is 49.9 Å². The lowest BCUT2D eigenvalue weighted by molar-refractivity contribution is -0.114. The van der Waals surface area contributed by atoms with E-state index in [0.29, 0.717) is 23.5 Å². The first-order chi connectivity index (χ1) is 10.2. The molecule has 0 N–H and O–H groups in total. The average molecular weight is 288 g/mol. The Kier molecular flexibility index (Phi) is 3.92. The van der Waals surface area contributed by atoms with Gasteiger partial charge in [-0.3, -0.25) is 9.59 Å². The van der Waals surface area contributed by atoms with Crippen LogP contribution in [0.2, 0.25) is 0 Å². The Bertz CT molecular complexity index is 565. The number of likely N-dealkylation sites (tertiary alicyclic amines) is 1. The summed E-state index contributed by atoms with van der Waals surface area (Å²) in [6.45, 7) is 3.57. The largest absolute Gasteiger partial charge is 0.497 e. The minimum absolute atomic E-state index is 0.421. The summed E-state index contributed by atoms with van der Waals surface area (Å²) in [5.74, 6) is -0.245. The smallest absolute Gasteiger partial charge is 0.299 e. The normalized spacial score (nSPS) is 19.0. The maximum absolute atomic E-state index is 12.2. The second-order valence-electron chi connectivity index (χ2n) is 5.57. The van der Waals surface area contributed by atoms with Gasteiger partial charge in [0.2, 0.25) is 0 Å². The van der Waals surface area contributed by atoms with Gasteiger partial charge in [0, 0.05) is 13.1 Å². The third kappa shape index (κ3) is 2.65. The van der Waals surface area contributed by atoms with Crippen molar-refractivity contribution in [3.63, 3.8) is 0 Å². The summed E-state index contributed by atoms with van der Waals surface area (Å²) in [7, 11) is 1.55. The highest BCUT2D eigenvalue weighted by Crippen LogP contribution is 2.31. The fraction of sp³-hybridized carbons (Fsp3) is 0.500. The molecule has 0 saturated carbocycles. The maximum atomic E-state index is 12.2. The standard InChI is InChI=1S/C16H20N2O3/c1-21-12-5-6-14-13(11-12)15(19)16(20)18(14)10-9-17-7-3-2-4-8-17/h5-6,11H,2-4,7-10H2,1H3. The Hall–Kier alpha value is -1.88. The molecule has 1 saturated heterocycles. The number of amides is 1. The van der Waals surface area contributed by atoms with Crippen molar-refractivity contribution in [1.82, 2.24) is 4.90 Å². The molecule has 1 amide bonds. The number of carbonyl (C=O) groups is 2. The third-order valence-corrected chi connectivity index (χ3v) is 4.27. The van der Waals surface area contributed by atoms with Crippen LogP contribution in [0, 0.1) is 0 Å². The molecule has 1 aromatic carbocycles. The van der Waals surface area contributed by atoms with E-state index < -0.39 is 11.7 Å². The molecule has 0 radical (unpaired) electrons. The zero-order valence-corrected chi connectivity index (χ0v) is 12.3. The van der Waals surface area contributed by atoms with Gasteiger partial charge in [-0.15, -0.1) is 0 Å². The lowest BCUT2D eigenvalue weighted by atomic mass is 10.1. The van der Waals surface area contributed by atoms with Crippen LogP contribution in [0.3, 0.4) is 0 Å². The van der Waals surface area contributed by atoms with E-state index in [1.54, 1.807) is 30.2 Å². The zero-order chi connectivity index (χ0) is 14.8. The van der Waals surface area contributed by atoms with Crippen molar-refractivity contribution < 1.29 is 14.3 Å². The van der Waals surface area contributed by atoms with Gasteiger partial charge in [0.25, 0.3) is 11.7 Å². The highest BCUT2D eigenvalue weighted by atomic mass is 16.5. The van der Waals surface area contributed by atoms with Gasteiger partial charge < -0.3 is 14.5 Å². The van der Waals surface area contributed by atoms with Gasteiger partial charge >= 0.3 is 0 Å². The monoisotopic (exact) mass is 288 g/mol. The highest BCUT2D eigenvalue weighted by Gasteiger charge is 2.36. The van der Waals surface area contributed by atoms with Gasteiger partial charge in [-0.05, 0) is 44.1 Å². The van der Waals surface area contributed by atoms with Crippen molar-refractivity contribution in [1.29, 1.82) is 0 Å². The second-order valence-corrected chi connectivity index (χ2v) is 5.57. The molecule has 0 spiro atoms. The molecule has 0 aliphatic carbocycles. The molecule has 2 aliphatic heterocycles. The van der Waals surface area contributed by atoms with E-state index in [4.69, 9.17) is 4.74 Å². The van der Waals surface area contributed by atoms with Crippen LogP contribution in [-0.2, 0) is 4.79 Å². The lowest BCUT2D eigenvalue weighted by Gasteiger charge is -2.28. The van der Waals surface area contributed by atoms with E-state index in [-0.39, 0.29) is 0 Å². The molecule has 5 nitrogen and oxygen atoms in total. The number of anilines is 1. The topological polar surface area (TPSA) is 49.9 Å². The van der Waals surface area contributed by atoms with Crippen molar-refractivity contribution in [3.8, 4) is 5.75 Å². The van der Waals surface area contributed by atoms with Crippen molar-refractivity contribution in [2.45, 2.75) is 19.3 Å². The van der Waals surface area contributed by atoms with Gasteiger partial charge in [0.1, 0.15) is 5.75 Å². The second kappa shape index (κ2) is 5.85. The fourth-order valence-corrected chi connectivity index (χ4v) is 3.05. The van der Waals surface area contributed by atoms with Gasteiger partial charge in [-0.2, -0.15) is 0 Å². The minimum Gasteiger partial charge on any atom is -0.497 e. The van der Waals surface area contributed by atoms with Crippen LogP contribution in [0.15, 0.2) is 18.2 Å². The molecule has 5 heteroatoms. The number of ketones is 1. The average Bonchev–Trinajstić information content (AvgIpc) is 2.77. The van der Waals surface area contributed by atoms with E-state index in [2.05, 4.69) is 4.90 Å². The number of piperidine rings is 1. The summed E-state index contributed by atoms with van der Waals surface area (Å²) in [6.07, 6.45) is 3.74. The third-order valence-electron chi connectivity index (χ3n) is 4.27. The number of methoxy groups -OCH3 is 1. The summed E-state index contributed by atoms with van der Waals surface area (Å²) in [5, 5.41) is 0. The summed E-state index contributed by atoms with van der Waals surface area (Å²) >= 11 is 0. The molecule has 1 aromatic rings. The summed E-state index contributed by atoms with van der Waals surface area (Å²) in [5.41, 5.74) is 1.17. The van der Waals surface area contributed by atoms with Crippen molar-refractivity contribution >= 4 is 17.4 Å². The van der Waals surface area contributed by atoms with E-state index in [1.807, 2.05) is 0 Å². The first kappa shape index (κ1) is 14.1. The number of fused-ring (bicyclic) bond motifs is 1. The van der Waals surface area contributed by atoms with Crippen LogP contribution in [0.5, 0.6) is 5.75 Å². The van der Waals surface area contributed by atoms with Crippen LogP contribution in [0.25, 0.3) is 0 Å². The van der Waals surface area contributed by atoms with Crippen LogP contribution in [0.1, 0.15) is 29.6 Å². The first-order valence-corrected chi connectivity index (χ1v) is 7.47. The van der Waals surface area contributed by atoms with E-state index in [0.717, 1.165) is 19.6 Å². The molecule has 2 aliphatic rings. The maximum Gasteiger partial charge on any atom is 0.299 e. The predicted octanol–water partition coefficient (Wildman–Crippen LogP) is 1.71. The summed E-state index contributed by atoms with van der Waals surface area (Å²) in [4.78, 5) is 28.2. The predicted molar refractivity (Wildman–Crippen MR) is 80.0 cm³/mol. The van der Waals surface area contributed by atoms with Gasteiger partial charge in [-0.25, -0.2) is 0 Å². The Labute approximate surface area is 124 Å². The number of Topliss-reactive ketones (excluding diaryl/α,β-unsaturated/α-hetero) is 1. The first-order valence-electron chi connectivity index (χ1n) is 7.47. The Morgan fingerprint density at radius 2 is 1.86 bits per heavy atom. The molecule has 0 aromatic heterocycles. The van der Waals surface area contributed by atoms with E-state index >= 15 is 0 Å². The van der Waals surface area contributed by atoms with Gasteiger partial charge in [0.05, 0.1) is 18.4 Å². The number of hydrogen-bond donors (Lipinski definition) is 0. The number of nitrogens with zero attached hydrogens (tertiary/aromatic N) is 2. The van der Waals surface area contributed by atoms with Crippen molar-refractivity contribution in [3.05, 3.63) is 23.8 Å². The molecule has 0 bridgehead atoms. The van der Waals surface area contributed by atoms with Crippen LogP contribution < -0.4 is 9.64 Å². The summed E-state index contributed by atoms with van der Waals surface area (Å²) in [6, 6.07) is 5.24. The molecule has 112 valence electrons. The number of ether oxygens (including phenoxy) is 1. The van der Waals surface area contributed by atoms with Gasteiger partial charge in [0.15, 0.2) is 0 Å². The van der Waals surface area contributed by atoms with E-state index in [1.165, 1.54) is 19.3 Å². The minimum atomic E-state index is -0.428. The molecule has 0 unspecified atom stereocenters. The van der Waals surface area contributed by atoms with Crippen LogP contribution >= 0.6 is 0 Å². The number of hydrogen-bond acceptors (Lipinski definition) is 4. The molecule has 2 heterocycles. The van der Waals surface area contributed by atoms with Crippen LogP contribution in [0.4, 0.5) is 5.69 Å². The quantitative estimate of drug-likeness (QED) is 0.791. The SMILES string of the molecule is COc1ccc2c(c1)C(=O)C(=O)N2CCN1CCCCC1. The molecule has 21 heavy (non-hydrogen) atoms. The Morgan fingerprint density at radius 1 is 1.10 bits per heavy atom. The van der Waals surface area contributed by atoms with Crippen molar-refractivity contribution in [2.24, 2.45) is 0 Å². The van der Waals surface area contributed by atoms with Gasteiger partial charge in [-0.1, -0.05) is 6.42 Å². The molecular formula is C16H20N2O3. The molecular weight excluding hydrogens is 268 g/mol. The summed E-state index contributed by atoms with van der Waals surface area (Å²) < 4.78 is 5.12. The molecule has 3 rings (SSSR count). The number of carbonyl (C=O) groups excluding carboxylic acids is 2. The van der Waals surface area contributed by atoms with E-state index in [9.17, 15) is 9.59 Å². The highest BCUT2D eigenvalue weighted by molar-refractivity contribution is 6.52. The zero-order valence-electron chi connectivity index (χ0n) is 12.3. The number of benzene rings is 1. The lowest BCUT2D eigenvalue weighted by Crippen LogP contribution is -2.40. The fourth-order valence-electron chi connectivity index (χ4n) is 3.05. The molecule has 0 atom stereocenters. The Balaban J connectivity index is 1.74. The number of rotatable bonds is 4.